The molecule has 8 heteroatoms. The van der Waals surface area contributed by atoms with E-state index in [9.17, 15) is 9.18 Å². The lowest BCUT2D eigenvalue weighted by Gasteiger charge is -2.49. The molecule has 0 amide bonds. The van der Waals surface area contributed by atoms with Crippen molar-refractivity contribution in [2.45, 2.75) is 57.7 Å². The van der Waals surface area contributed by atoms with Crippen LogP contribution in [0.2, 0.25) is 0 Å². The minimum atomic E-state index is -0.681. The average molecular weight is 409 g/mol. The molecule has 0 aliphatic carbocycles. The van der Waals surface area contributed by atoms with Gasteiger partial charge in [-0.15, -0.1) is 0 Å². The number of methoxy groups -OCH3 is 1. The molecule has 0 aromatic heterocycles. The van der Waals surface area contributed by atoms with Crippen LogP contribution < -0.4 is 5.32 Å². The fourth-order valence-corrected chi connectivity index (χ4v) is 4.64. The Morgan fingerprint density at radius 3 is 2.32 bits per heavy atom. The van der Waals surface area contributed by atoms with E-state index < -0.39 is 11.8 Å². The smallest absolute Gasteiger partial charge is 0.337 e. The van der Waals surface area contributed by atoms with Crippen molar-refractivity contribution < 1.29 is 13.9 Å². The van der Waals surface area contributed by atoms with Crippen molar-refractivity contribution in [1.82, 2.24) is 10.2 Å². The maximum absolute atomic E-state index is 14.4. The molecule has 28 heavy (non-hydrogen) atoms. The highest BCUT2D eigenvalue weighted by Crippen LogP contribution is 2.32. The summed E-state index contributed by atoms with van der Waals surface area (Å²) in [5.74, 6) is -1.31. The van der Waals surface area contributed by atoms with Crippen molar-refractivity contribution in [2.75, 3.05) is 14.2 Å². The van der Waals surface area contributed by atoms with Crippen LogP contribution in [0, 0.1) is 16.6 Å². The van der Waals surface area contributed by atoms with Gasteiger partial charge in [0.2, 0.25) is 0 Å². The van der Waals surface area contributed by atoms with Gasteiger partial charge < -0.3 is 15.0 Å². The summed E-state index contributed by atoms with van der Waals surface area (Å²) >= 11 is 0.905. The Labute approximate surface area is 170 Å². The Hall–Kier alpha value is -1.93. The summed E-state index contributed by atoms with van der Waals surface area (Å²) in [7, 11) is 3.08. The Morgan fingerprint density at radius 1 is 1.25 bits per heavy atom. The fourth-order valence-electron chi connectivity index (χ4n) is 3.88. The van der Waals surface area contributed by atoms with Gasteiger partial charge in [-0.2, -0.15) is 0 Å². The SMILES string of the molecule is COC(=O)c1ccc(C(=N)SC(=N)N(C)C2CC(C)(C)NC(C)(C)C2)c(F)c1. The number of nitrogens with one attached hydrogen (secondary N) is 3. The topological polar surface area (TPSA) is 89.3 Å². The summed E-state index contributed by atoms with van der Waals surface area (Å²) in [6.45, 7) is 8.58. The molecule has 0 spiro atoms. The maximum atomic E-state index is 14.4. The molecule has 0 radical (unpaired) electrons. The number of esters is 1. The number of halogens is 1. The number of rotatable bonds is 3. The van der Waals surface area contributed by atoms with Crippen LogP contribution in [-0.4, -0.2) is 52.4 Å². The molecule has 0 unspecified atom stereocenters. The summed E-state index contributed by atoms with van der Waals surface area (Å²) in [5.41, 5.74) is 0.0267. The number of hydrogen-bond donors (Lipinski definition) is 3. The van der Waals surface area contributed by atoms with Crippen molar-refractivity contribution >= 4 is 27.9 Å². The Kier molecular flexibility index (Phi) is 6.55. The third-order valence-electron chi connectivity index (χ3n) is 4.87. The monoisotopic (exact) mass is 408 g/mol. The van der Waals surface area contributed by atoms with E-state index in [1.165, 1.54) is 19.2 Å². The number of benzene rings is 1. The van der Waals surface area contributed by atoms with Crippen LogP contribution in [0.25, 0.3) is 0 Å². The van der Waals surface area contributed by atoms with E-state index in [0.717, 1.165) is 30.7 Å². The molecule has 3 N–H and O–H groups in total. The van der Waals surface area contributed by atoms with E-state index in [2.05, 4.69) is 37.7 Å². The molecule has 6 nitrogen and oxygen atoms in total. The van der Waals surface area contributed by atoms with E-state index in [1.807, 2.05) is 11.9 Å². The van der Waals surface area contributed by atoms with E-state index >= 15 is 0 Å². The van der Waals surface area contributed by atoms with Gasteiger partial charge in [-0.25, -0.2) is 9.18 Å². The van der Waals surface area contributed by atoms with Crippen LogP contribution in [-0.2, 0) is 4.74 Å². The Balaban J connectivity index is 2.09. The first-order valence-corrected chi connectivity index (χ1v) is 9.92. The second kappa shape index (κ2) is 8.21. The second-order valence-corrected chi connectivity index (χ2v) is 9.49. The zero-order valence-electron chi connectivity index (χ0n) is 17.3. The molecule has 2 rings (SSSR count). The summed E-state index contributed by atoms with van der Waals surface area (Å²) in [4.78, 5) is 13.4. The number of thioether (sulfide) groups is 1. The fraction of sp³-hybridized carbons (Fsp3) is 0.550. The number of ether oxygens (including phenoxy) is 1. The molecule has 0 saturated carbocycles. The minimum Gasteiger partial charge on any atom is -0.465 e. The Morgan fingerprint density at radius 2 is 1.82 bits per heavy atom. The molecular weight excluding hydrogens is 379 g/mol. The number of nitrogens with zero attached hydrogens (tertiary/aromatic N) is 1. The van der Waals surface area contributed by atoms with Crippen LogP contribution in [0.4, 0.5) is 4.39 Å². The lowest BCUT2D eigenvalue weighted by Crippen LogP contribution is -2.62. The second-order valence-electron chi connectivity index (χ2n) is 8.49. The predicted octanol–water partition coefficient (Wildman–Crippen LogP) is 3.85. The van der Waals surface area contributed by atoms with Crippen LogP contribution in [0.5, 0.6) is 0 Å². The Bertz CT molecular complexity index is 778. The number of piperidine rings is 1. The van der Waals surface area contributed by atoms with Crippen LogP contribution in [0.15, 0.2) is 18.2 Å². The largest absolute Gasteiger partial charge is 0.465 e. The summed E-state index contributed by atoms with van der Waals surface area (Å²) in [6.07, 6.45) is 1.73. The van der Waals surface area contributed by atoms with Crippen LogP contribution >= 0.6 is 11.8 Å². The van der Waals surface area contributed by atoms with Gasteiger partial charge in [0.25, 0.3) is 0 Å². The van der Waals surface area contributed by atoms with E-state index in [0.29, 0.717) is 0 Å². The quantitative estimate of drug-likeness (QED) is 0.402. The van der Waals surface area contributed by atoms with Gasteiger partial charge in [0.1, 0.15) is 10.9 Å². The average Bonchev–Trinajstić information content (AvgIpc) is 2.57. The number of carbonyl (C=O) groups is 1. The van der Waals surface area contributed by atoms with Gasteiger partial charge in [0.05, 0.1) is 12.7 Å². The van der Waals surface area contributed by atoms with Gasteiger partial charge >= 0.3 is 5.97 Å². The standard InChI is InChI=1S/C20H29FN4O2S/c1-19(2)10-13(11-20(3,4)24-19)25(5)18(23)28-16(22)14-8-7-12(9-15(14)21)17(26)27-6/h7-9,13,22-24H,10-11H2,1-6H3. The van der Waals surface area contributed by atoms with E-state index in [4.69, 9.17) is 10.8 Å². The number of carbonyl (C=O) groups excluding carboxylic acids is 1. The number of hydrogen-bond acceptors (Lipinski definition) is 6. The highest BCUT2D eigenvalue weighted by Gasteiger charge is 2.39. The van der Waals surface area contributed by atoms with E-state index in [-0.39, 0.29) is 38.5 Å². The van der Waals surface area contributed by atoms with Crippen LogP contribution in [0.1, 0.15) is 56.5 Å². The van der Waals surface area contributed by atoms with Gasteiger partial charge in [-0.3, -0.25) is 10.8 Å². The highest BCUT2D eigenvalue weighted by molar-refractivity contribution is 8.26. The molecule has 1 saturated heterocycles. The third-order valence-corrected chi connectivity index (χ3v) is 5.78. The summed E-state index contributed by atoms with van der Waals surface area (Å²) in [6, 6.07) is 4.00. The molecule has 1 aliphatic rings. The molecule has 1 aliphatic heterocycles. The zero-order chi connectivity index (χ0) is 21.3. The molecule has 1 aromatic rings. The lowest BCUT2D eigenvalue weighted by atomic mass is 9.79. The lowest BCUT2D eigenvalue weighted by molar-refractivity contribution is 0.0600. The van der Waals surface area contributed by atoms with Gasteiger partial charge in [0, 0.05) is 29.7 Å². The van der Waals surface area contributed by atoms with E-state index in [1.54, 1.807) is 0 Å². The minimum absolute atomic E-state index is 0.0572. The van der Waals surface area contributed by atoms with Crippen molar-refractivity contribution in [2.24, 2.45) is 0 Å². The van der Waals surface area contributed by atoms with Crippen molar-refractivity contribution in [3.63, 3.8) is 0 Å². The normalized spacial score (nSPS) is 18.4. The summed E-state index contributed by atoms with van der Waals surface area (Å²) < 4.78 is 18.9. The molecule has 1 fully saturated rings. The molecule has 0 bridgehead atoms. The zero-order valence-corrected chi connectivity index (χ0v) is 18.1. The first-order chi connectivity index (χ1) is 12.8. The molecule has 1 heterocycles. The molecule has 1 aromatic carbocycles. The van der Waals surface area contributed by atoms with Crippen molar-refractivity contribution in [3.8, 4) is 0 Å². The first kappa shape index (κ1) is 22.4. The van der Waals surface area contributed by atoms with Gasteiger partial charge in [0.15, 0.2) is 5.17 Å². The van der Waals surface area contributed by atoms with Gasteiger partial charge in [-0.05, 0) is 70.5 Å². The third kappa shape index (κ3) is 5.32. The first-order valence-electron chi connectivity index (χ1n) is 9.10. The van der Waals surface area contributed by atoms with Crippen molar-refractivity contribution in [3.05, 3.63) is 35.1 Å². The number of amidine groups is 1. The van der Waals surface area contributed by atoms with Crippen LogP contribution in [0.3, 0.4) is 0 Å². The maximum Gasteiger partial charge on any atom is 0.337 e. The van der Waals surface area contributed by atoms with Crippen molar-refractivity contribution in [1.29, 1.82) is 10.8 Å². The predicted molar refractivity (Wildman–Crippen MR) is 112 cm³/mol. The highest BCUT2D eigenvalue weighted by atomic mass is 32.2. The molecular formula is C20H29FN4O2S. The molecule has 154 valence electrons. The van der Waals surface area contributed by atoms with Gasteiger partial charge in [-0.1, -0.05) is 0 Å². The molecule has 0 atom stereocenters. The summed E-state index contributed by atoms with van der Waals surface area (Å²) in [5, 5.41) is 20.4.